The van der Waals surface area contributed by atoms with E-state index in [-0.39, 0.29) is 5.78 Å². The molecule has 0 saturated heterocycles. The molecule has 0 unspecified atom stereocenters. The molecule has 0 fully saturated rings. The number of fused-ring (bicyclic) bond motifs is 1. The van der Waals surface area contributed by atoms with Crippen molar-refractivity contribution in [3.05, 3.63) is 59.4 Å². The molecule has 0 radical (unpaired) electrons. The van der Waals surface area contributed by atoms with Crippen molar-refractivity contribution in [2.24, 2.45) is 0 Å². The van der Waals surface area contributed by atoms with Gasteiger partial charge in [0.1, 0.15) is 17.2 Å². The van der Waals surface area contributed by atoms with Crippen LogP contribution in [0.2, 0.25) is 0 Å². The fourth-order valence-electron chi connectivity index (χ4n) is 2.28. The Hall–Kier alpha value is -2.75. The quantitative estimate of drug-likeness (QED) is 0.807. The number of hydrogen-bond acceptors (Lipinski definition) is 4. The summed E-state index contributed by atoms with van der Waals surface area (Å²) < 4.78 is 16.2. The Morgan fingerprint density at radius 3 is 2.50 bits per heavy atom. The molecule has 0 aromatic heterocycles. The average molecular weight is 296 g/mol. The largest absolute Gasteiger partial charge is 0.497 e. The van der Waals surface area contributed by atoms with E-state index in [4.69, 9.17) is 14.2 Å². The Bertz CT molecular complexity index is 729. The van der Waals surface area contributed by atoms with Gasteiger partial charge in [-0.2, -0.15) is 0 Å². The van der Waals surface area contributed by atoms with Gasteiger partial charge in [0, 0.05) is 6.07 Å². The lowest BCUT2D eigenvalue weighted by Crippen LogP contribution is -1.98. The van der Waals surface area contributed by atoms with Crippen molar-refractivity contribution in [3.63, 3.8) is 0 Å². The van der Waals surface area contributed by atoms with Crippen molar-refractivity contribution in [3.8, 4) is 17.2 Å². The van der Waals surface area contributed by atoms with Gasteiger partial charge in [-0.1, -0.05) is 12.1 Å². The van der Waals surface area contributed by atoms with Crippen LogP contribution in [-0.2, 0) is 0 Å². The molecule has 2 aromatic rings. The lowest BCUT2D eigenvalue weighted by molar-refractivity contribution is 0.101. The molecule has 1 heterocycles. The van der Waals surface area contributed by atoms with Crippen LogP contribution in [0.4, 0.5) is 0 Å². The van der Waals surface area contributed by atoms with Crippen LogP contribution in [0.15, 0.2) is 48.2 Å². The number of carbonyl (C=O) groups excluding carboxylic acids is 1. The summed E-state index contributed by atoms with van der Waals surface area (Å²) in [6, 6.07) is 12.7. The maximum absolute atomic E-state index is 12.3. The lowest BCUT2D eigenvalue weighted by Gasteiger charge is -2.04. The molecule has 112 valence electrons. The monoisotopic (exact) mass is 296 g/mol. The molecule has 0 saturated carbocycles. The minimum atomic E-state index is -0.117. The van der Waals surface area contributed by atoms with Gasteiger partial charge in [0.25, 0.3) is 0 Å². The Kier molecular flexibility index (Phi) is 3.83. The number of carbonyl (C=O) groups is 1. The number of methoxy groups -OCH3 is 1. The van der Waals surface area contributed by atoms with Gasteiger partial charge in [0.2, 0.25) is 5.78 Å². The maximum atomic E-state index is 12.3. The number of benzene rings is 2. The molecule has 22 heavy (non-hydrogen) atoms. The number of ketones is 1. The van der Waals surface area contributed by atoms with E-state index in [2.05, 4.69) is 0 Å². The van der Waals surface area contributed by atoms with Crippen molar-refractivity contribution < 1.29 is 19.0 Å². The second kappa shape index (κ2) is 5.93. The molecule has 1 aliphatic rings. The van der Waals surface area contributed by atoms with E-state index in [0.29, 0.717) is 29.4 Å². The molecule has 4 heteroatoms. The average Bonchev–Trinajstić information content (AvgIpc) is 2.84. The van der Waals surface area contributed by atoms with Gasteiger partial charge in [-0.25, -0.2) is 0 Å². The van der Waals surface area contributed by atoms with E-state index in [1.165, 1.54) is 0 Å². The molecule has 0 amide bonds. The van der Waals surface area contributed by atoms with Crippen molar-refractivity contribution in [1.82, 2.24) is 0 Å². The molecule has 0 N–H and O–H groups in total. The van der Waals surface area contributed by atoms with E-state index < -0.39 is 0 Å². The topological polar surface area (TPSA) is 44.8 Å². The maximum Gasteiger partial charge on any atom is 0.231 e. The Morgan fingerprint density at radius 2 is 1.82 bits per heavy atom. The van der Waals surface area contributed by atoms with Crippen molar-refractivity contribution in [2.45, 2.75) is 6.92 Å². The predicted molar refractivity (Wildman–Crippen MR) is 83.5 cm³/mol. The molecule has 0 atom stereocenters. The van der Waals surface area contributed by atoms with Crippen LogP contribution >= 0.6 is 0 Å². The minimum Gasteiger partial charge on any atom is -0.497 e. The molecule has 0 spiro atoms. The molecule has 0 bridgehead atoms. The first-order valence-corrected chi connectivity index (χ1v) is 7.06. The third-order valence-electron chi connectivity index (χ3n) is 3.37. The van der Waals surface area contributed by atoms with Gasteiger partial charge < -0.3 is 14.2 Å². The number of allylic oxidation sites excluding steroid dienone is 1. The zero-order valence-electron chi connectivity index (χ0n) is 12.5. The fourth-order valence-corrected chi connectivity index (χ4v) is 2.28. The standard InChI is InChI=1S/C18H16O4/c1-3-21-14-8-9-15-16(11-14)22-17(18(15)19)10-12-4-6-13(20-2)7-5-12/h4-11H,3H2,1-2H3. The molecule has 3 rings (SSSR count). The highest BCUT2D eigenvalue weighted by Crippen LogP contribution is 2.34. The molecule has 2 aromatic carbocycles. The van der Waals surface area contributed by atoms with E-state index in [1.54, 1.807) is 31.4 Å². The summed E-state index contributed by atoms with van der Waals surface area (Å²) in [5, 5.41) is 0. The highest BCUT2D eigenvalue weighted by Gasteiger charge is 2.27. The van der Waals surface area contributed by atoms with E-state index in [1.807, 2.05) is 31.2 Å². The molecular formula is C18H16O4. The SMILES string of the molecule is CCOc1ccc2c(c1)OC(=Cc1ccc(OC)cc1)C2=O. The molecule has 1 aliphatic heterocycles. The van der Waals surface area contributed by atoms with Crippen LogP contribution in [0, 0.1) is 0 Å². The number of rotatable bonds is 4. The van der Waals surface area contributed by atoms with Gasteiger partial charge in [-0.15, -0.1) is 0 Å². The van der Waals surface area contributed by atoms with Gasteiger partial charge >= 0.3 is 0 Å². The smallest absolute Gasteiger partial charge is 0.231 e. The normalized spacial score (nSPS) is 14.6. The summed E-state index contributed by atoms with van der Waals surface area (Å²) in [4.78, 5) is 12.3. The fraction of sp³-hybridized carbons (Fsp3) is 0.167. The van der Waals surface area contributed by atoms with E-state index >= 15 is 0 Å². The number of hydrogen-bond donors (Lipinski definition) is 0. The molecule has 4 nitrogen and oxygen atoms in total. The predicted octanol–water partition coefficient (Wildman–Crippen LogP) is 3.71. The first kappa shape index (κ1) is 14.2. The summed E-state index contributed by atoms with van der Waals surface area (Å²) in [5.74, 6) is 2.20. The van der Waals surface area contributed by atoms with Crippen LogP contribution in [0.1, 0.15) is 22.8 Å². The van der Waals surface area contributed by atoms with Gasteiger partial charge in [-0.3, -0.25) is 4.79 Å². The zero-order valence-corrected chi connectivity index (χ0v) is 12.5. The Morgan fingerprint density at radius 1 is 1.09 bits per heavy atom. The number of Topliss-reactive ketones (excluding diaryl/α,β-unsaturated/α-hetero) is 1. The van der Waals surface area contributed by atoms with Crippen molar-refractivity contribution in [2.75, 3.05) is 13.7 Å². The Labute approximate surface area is 128 Å². The second-order valence-electron chi connectivity index (χ2n) is 4.80. The summed E-state index contributed by atoms with van der Waals surface area (Å²) in [6.45, 7) is 2.48. The summed E-state index contributed by atoms with van der Waals surface area (Å²) >= 11 is 0. The highest BCUT2D eigenvalue weighted by atomic mass is 16.5. The van der Waals surface area contributed by atoms with E-state index in [0.717, 1.165) is 11.3 Å². The second-order valence-corrected chi connectivity index (χ2v) is 4.80. The third-order valence-corrected chi connectivity index (χ3v) is 3.37. The van der Waals surface area contributed by atoms with E-state index in [9.17, 15) is 4.79 Å². The van der Waals surface area contributed by atoms with Crippen molar-refractivity contribution >= 4 is 11.9 Å². The van der Waals surface area contributed by atoms with Gasteiger partial charge in [0.05, 0.1) is 19.3 Å². The zero-order chi connectivity index (χ0) is 15.5. The first-order valence-electron chi connectivity index (χ1n) is 7.06. The highest BCUT2D eigenvalue weighted by molar-refractivity contribution is 6.14. The first-order chi connectivity index (χ1) is 10.7. The summed E-state index contributed by atoms with van der Waals surface area (Å²) in [7, 11) is 1.61. The molecule has 0 aliphatic carbocycles. The van der Waals surface area contributed by atoms with Gasteiger partial charge in [0.15, 0.2) is 5.76 Å². The third kappa shape index (κ3) is 2.68. The van der Waals surface area contributed by atoms with Crippen LogP contribution in [-0.4, -0.2) is 19.5 Å². The van der Waals surface area contributed by atoms with Crippen LogP contribution < -0.4 is 14.2 Å². The lowest BCUT2D eigenvalue weighted by atomic mass is 10.1. The summed E-state index contributed by atoms with van der Waals surface area (Å²) in [6.07, 6.45) is 1.72. The van der Waals surface area contributed by atoms with Crippen LogP contribution in [0.5, 0.6) is 17.2 Å². The summed E-state index contributed by atoms with van der Waals surface area (Å²) in [5.41, 5.74) is 1.44. The Balaban J connectivity index is 1.87. The van der Waals surface area contributed by atoms with Crippen molar-refractivity contribution in [1.29, 1.82) is 0 Å². The molecular weight excluding hydrogens is 280 g/mol. The van der Waals surface area contributed by atoms with Gasteiger partial charge in [-0.05, 0) is 42.8 Å². The number of ether oxygens (including phenoxy) is 3. The minimum absolute atomic E-state index is 0.117. The van der Waals surface area contributed by atoms with Crippen LogP contribution in [0.25, 0.3) is 6.08 Å². The van der Waals surface area contributed by atoms with Crippen LogP contribution in [0.3, 0.4) is 0 Å².